The van der Waals surface area contributed by atoms with E-state index >= 15 is 0 Å². The van der Waals surface area contributed by atoms with Gasteiger partial charge in [0, 0.05) is 7.05 Å². The predicted octanol–water partition coefficient (Wildman–Crippen LogP) is -0.629. The Balaban J connectivity index is 2.62. The Morgan fingerprint density at radius 2 is 2.25 bits per heavy atom. The van der Waals surface area contributed by atoms with Crippen molar-refractivity contribution in [3.63, 3.8) is 0 Å². The van der Waals surface area contributed by atoms with Crippen LogP contribution in [0.4, 0.5) is 4.79 Å². The molecule has 0 aromatic carbocycles. The molecule has 0 aromatic rings. The number of ether oxygens (including phenoxy) is 1. The van der Waals surface area contributed by atoms with Crippen LogP contribution >= 0.6 is 0 Å². The van der Waals surface area contributed by atoms with Crippen LogP contribution in [0.2, 0.25) is 0 Å². The molecule has 7 heteroatoms. The van der Waals surface area contributed by atoms with Crippen LogP contribution in [0.25, 0.3) is 0 Å². The number of hydrogen-bond donors (Lipinski definition) is 0. The molecule has 1 atom stereocenters. The van der Waals surface area contributed by atoms with Crippen LogP contribution in [0.1, 0.15) is 0 Å². The third-order valence-electron chi connectivity index (χ3n) is 1.36. The molecule has 0 bridgehead atoms. The van der Waals surface area contributed by atoms with E-state index in [1.54, 1.807) is 0 Å². The monoisotopic (exact) mass is 195 g/mol. The summed E-state index contributed by atoms with van der Waals surface area (Å²) in [6.45, 7) is -0.0532. The van der Waals surface area contributed by atoms with Crippen molar-refractivity contribution in [1.82, 2.24) is 4.90 Å². The molecule has 1 aliphatic heterocycles. The largest absolute Gasteiger partial charge is 0.445 e. The van der Waals surface area contributed by atoms with E-state index in [9.17, 15) is 13.2 Å². The summed E-state index contributed by atoms with van der Waals surface area (Å²) in [5.41, 5.74) is 0. The van der Waals surface area contributed by atoms with Gasteiger partial charge < -0.3 is 4.74 Å². The fraction of sp³-hybridized carbons (Fsp3) is 0.800. The zero-order valence-corrected chi connectivity index (χ0v) is 7.50. The smallest absolute Gasteiger partial charge is 0.411 e. The summed E-state index contributed by atoms with van der Waals surface area (Å²) < 4.78 is 30.3. The van der Waals surface area contributed by atoms with E-state index in [1.165, 1.54) is 7.05 Å². The van der Waals surface area contributed by atoms with Gasteiger partial charge in [-0.3, -0.25) is 4.90 Å². The number of carbonyl (C=O) groups excluding carboxylic acids is 1. The molecule has 0 aliphatic carbocycles. The van der Waals surface area contributed by atoms with Crippen LogP contribution in [0.3, 0.4) is 0 Å². The number of amides is 1. The van der Waals surface area contributed by atoms with Gasteiger partial charge in [-0.25, -0.2) is 8.98 Å². The second-order valence-electron chi connectivity index (χ2n) is 2.44. The van der Waals surface area contributed by atoms with E-state index in [4.69, 9.17) is 0 Å². The maximum atomic E-state index is 10.7. The Bertz CT molecular complexity index is 284. The normalized spacial score (nSPS) is 24.3. The number of carbonyl (C=O) groups is 1. The Labute approximate surface area is 70.2 Å². The molecule has 70 valence electrons. The molecule has 1 amide bonds. The number of nitrogens with zero attached hydrogens (tertiary/aromatic N) is 1. The highest BCUT2D eigenvalue weighted by Crippen LogP contribution is 2.12. The predicted molar refractivity (Wildman–Crippen MR) is 38.8 cm³/mol. The Morgan fingerprint density at radius 1 is 1.67 bits per heavy atom. The van der Waals surface area contributed by atoms with E-state index in [-0.39, 0.29) is 6.61 Å². The fourth-order valence-electron chi connectivity index (χ4n) is 0.768. The van der Waals surface area contributed by atoms with Crippen molar-refractivity contribution >= 4 is 16.2 Å². The standard InChI is InChI=1S/C5H9NO5S/c1-6-4(3-10-5(6)7)11-12(2,8)9/h4H,3H2,1-2H3/t4-/m1/s1. The van der Waals surface area contributed by atoms with Gasteiger partial charge in [-0.2, -0.15) is 8.42 Å². The lowest BCUT2D eigenvalue weighted by Gasteiger charge is -2.14. The Hall–Kier alpha value is -0.820. The Morgan fingerprint density at radius 3 is 2.58 bits per heavy atom. The van der Waals surface area contributed by atoms with Crippen molar-refractivity contribution < 1.29 is 22.1 Å². The first-order valence-electron chi connectivity index (χ1n) is 3.18. The van der Waals surface area contributed by atoms with Gasteiger partial charge in [-0.1, -0.05) is 0 Å². The van der Waals surface area contributed by atoms with Crippen molar-refractivity contribution in [2.24, 2.45) is 0 Å². The van der Waals surface area contributed by atoms with Gasteiger partial charge in [-0.15, -0.1) is 0 Å². The van der Waals surface area contributed by atoms with Gasteiger partial charge >= 0.3 is 6.09 Å². The summed E-state index contributed by atoms with van der Waals surface area (Å²) in [6, 6.07) is 0. The number of rotatable bonds is 2. The molecule has 1 saturated heterocycles. The van der Waals surface area contributed by atoms with E-state index in [1.807, 2.05) is 0 Å². The summed E-state index contributed by atoms with van der Waals surface area (Å²) in [5.74, 6) is 0. The zero-order valence-electron chi connectivity index (χ0n) is 6.68. The van der Waals surface area contributed by atoms with Gasteiger partial charge in [0.1, 0.15) is 6.61 Å². The van der Waals surface area contributed by atoms with Gasteiger partial charge in [0.15, 0.2) is 6.23 Å². The third kappa shape index (κ3) is 2.08. The van der Waals surface area contributed by atoms with E-state index < -0.39 is 22.4 Å². The molecule has 0 radical (unpaired) electrons. The molecule has 0 spiro atoms. The minimum Gasteiger partial charge on any atom is -0.445 e. The second-order valence-corrected chi connectivity index (χ2v) is 4.04. The molecular weight excluding hydrogens is 186 g/mol. The van der Waals surface area contributed by atoms with E-state index in [0.29, 0.717) is 0 Å². The zero-order chi connectivity index (χ0) is 9.35. The van der Waals surface area contributed by atoms with Crippen LogP contribution < -0.4 is 0 Å². The maximum absolute atomic E-state index is 10.7. The lowest BCUT2D eigenvalue weighted by Crippen LogP contribution is -2.33. The van der Waals surface area contributed by atoms with Gasteiger partial charge in [0.05, 0.1) is 6.26 Å². The molecule has 6 nitrogen and oxygen atoms in total. The highest BCUT2D eigenvalue weighted by molar-refractivity contribution is 7.86. The lowest BCUT2D eigenvalue weighted by atomic mass is 10.6. The van der Waals surface area contributed by atoms with Gasteiger partial charge in [0.25, 0.3) is 10.1 Å². The topological polar surface area (TPSA) is 72.9 Å². The van der Waals surface area contributed by atoms with Crippen molar-refractivity contribution in [1.29, 1.82) is 0 Å². The number of cyclic esters (lactones) is 1. The minimum atomic E-state index is -3.54. The molecule has 0 saturated carbocycles. The van der Waals surface area contributed by atoms with Gasteiger partial charge in [0.2, 0.25) is 0 Å². The Kier molecular flexibility index (Phi) is 2.25. The summed E-state index contributed by atoms with van der Waals surface area (Å²) in [6.07, 6.45) is -0.486. The molecule has 1 fully saturated rings. The molecule has 1 rings (SSSR count). The van der Waals surface area contributed by atoms with Crippen molar-refractivity contribution in [3.05, 3.63) is 0 Å². The molecule has 0 unspecified atom stereocenters. The van der Waals surface area contributed by atoms with Crippen LogP contribution in [0.15, 0.2) is 0 Å². The maximum Gasteiger partial charge on any atom is 0.411 e. The molecule has 1 aliphatic rings. The molecule has 0 N–H and O–H groups in total. The number of likely N-dealkylation sites (N-methyl/N-ethyl adjacent to an activating group) is 1. The van der Waals surface area contributed by atoms with Crippen LogP contribution in [0.5, 0.6) is 0 Å². The fourth-order valence-corrected chi connectivity index (χ4v) is 1.36. The van der Waals surface area contributed by atoms with E-state index in [0.717, 1.165) is 11.2 Å². The van der Waals surface area contributed by atoms with Crippen LogP contribution in [-0.2, 0) is 19.0 Å². The van der Waals surface area contributed by atoms with Crippen LogP contribution in [0, 0.1) is 0 Å². The first-order chi connectivity index (χ1) is 5.40. The summed E-state index contributed by atoms with van der Waals surface area (Å²) in [4.78, 5) is 11.8. The van der Waals surface area contributed by atoms with E-state index in [2.05, 4.69) is 8.92 Å². The van der Waals surface area contributed by atoms with Crippen molar-refractivity contribution in [2.75, 3.05) is 19.9 Å². The number of hydrogen-bond acceptors (Lipinski definition) is 5. The van der Waals surface area contributed by atoms with Crippen LogP contribution in [-0.4, -0.2) is 45.5 Å². The quantitative estimate of drug-likeness (QED) is 0.548. The highest BCUT2D eigenvalue weighted by atomic mass is 32.2. The average molecular weight is 195 g/mol. The highest BCUT2D eigenvalue weighted by Gasteiger charge is 2.32. The van der Waals surface area contributed by atoms with Crippen molar-refractivity contribution in [3.8, 4) is 0 Å². The molecular formula is C5H9NO5S. The summed E-state index contributed by atoms with van der Waals surface area (Å²) >= 11 is 0. The molecule has 1 heterocycles. The lowest BCUT2D eigenvalue weighted by molar-refractivity contribution is 0.106. The van der Waals surface area contributed by atoms with Crippen molar-refractivity contribution in [2.45, 2.75) is 6.23 Å². The minimum absolute atomic E-state index is 0.0532. The summed E-state index contributed by atoms with van der Waals surface area (Å²) in [5, 5.41) is 0. The van der Waals surface area contributed by atoms with Gasteiger partial charge in [-0.05, 0) is 0 Å². The SMILES string of the molecule is CN1C(=O)OC[C@H]1OS(C)(=O)=O. The third-order valence-corrected chi connectivity index (χ3v) is 1.93. The molecule has 12 heavy (non-hydrogen) atoms. The molecule has 0 aromatic heterocycles. The first kappa shape index (κ1) is 9.27. The average Bonchev–Trinajstić information content (AvgIpc) is 2.16. The first-order valence-corrected chi connectivity index (χ1v) is 4.99. The second kappa shape index (κ2) is 2.91. The summed E-state index contributed by atoms with van der Waals surface area (Å²) in [7, 11) is -2.13.